The van der Waals surface area contributed by atoms with Gasteiger partial charge in [-0.1, -0.05) is 0 Å². The number of nitrogens with zero attached hydrogens (tertiary/aromatic N) is 1. The van der Waals surface area contributed by atoms with Crippen molar-refractivity contribution in [3.8, 4) is 0 Å². The fraction of sp³-hybridized carbons (Fsp3) is 0. The van der Waals surface area contributed by atoms with Crippen LogP contribution < -0.4 is 0 Å². The number of hydrogen-bond donors (Lipinski definition) is 0. The molecule has 0 bridgehead atoms. The van der Waals surface area contributed by atoms with Gasteiger partial charge in [0, 0.05) is 33.0 Å². The first-order chi connectivity index (χ1) is 1.73. The van der Waals surface area contributed by atoms with Gasteiger partial charge in [-0.3, -0.25) is 0 Å². The summed E-state index contributed by atoms with van der Waals surface area (Å²) in [6.45, 7) is 0. The zero-order valence-electron chi connectivity index (χ0n) is 2.71. The molecule has 7 heteroatoms. The fourth-order valence-electron chi connectivity index (χ4n) is 0. The largest absolute Gasteiger partial charge is 0.356 e. The molecule has 0 unspecified atom stereocenters. The van der Waals surface area contributed by atoms with Gasteiger partial charge >= 0.3 is 0 Å². The van der Waals surface area contributed by atoms with Gasteiger partial charge in [-0.25, -0.2) is 0 Å². The van der Waals surface area contributed by atoms with Crippen LogP contribution >= 0.6 is 12.4 Å². The molecule has 4 nitrogen and oxygen atoms in total. The zero-order valence-corrected chi connectivity index (χ0v) is 5.50. The summed E-state index contributed by atoms with van der Waals surface area (Å²) >= 11 is 0. The van der Waals surface area contributed by atoms with Crippen LogP contribution in [0.2, 0.25) is 0 Å². The van der Waals surface area contributed by atoms with Crippen molar-refractivity contribution < 1.29 is 38.1 Å². The molecular weight excluding hydrogens is 215 g/mol. The van der Waals surface area contributed by atoms with E-state index in [0.717, 1.165) is 0 Å². The van der Waals surface area contributed by atoms with Crippen molar-refractivity contribution in [1.82, 2.24) is 0 Å². The average Bonchev–Trinajstić information content (AvgIpc) is 0.811. The van der Waals surface area contributed by atoms with Crippen molar-refractivity contribution in [3.63, 3.8) is 0 Å². The van der Waals surface area contributed by atoms with Gasteiger partial charge in [0.2, 0.25) is 0 Å². The summed E-state index contributed by atoms with van der Waals surface area (Å²) in [6.07, 6.45) is 0. The summed E-state index contributed by atoms with van der Waals surface area (Å²) in [5.41, 5.74) is 0. The van der Waals surface area contributed by atoms with Crippen LogP contribution in [-0.4, -0.2) is 5.09 Å². The normalized spacial score (nSPS) is 3.43. The molecule has 0 N–H and O–H groups in total. The molecule has 0 aliphatic rings. The third kappa shape index (κ3) is 571. The van der Waals surface area contributed by atoms with Gasteiger partial charge in [0.05, 0.1) is 5.09 Å². The SMILES string of the molecule is Cl.O=[N+]([O-])[O-].[Ni].[Ni]. The predicted octanol–water partition coefficient (Wildman–Crippen LogP) is 0.178. The topological polar surface area (TPSA) is 66.2 Å². The third-order valence-electron chi connectivity index (χ3n) is 0. The van der Waals surface area contributed by atoms with Crippen molar-refractivity contribution in [2.24, 2.45) is 0 Å². The van der Waals surface area contributed by atoms with Crippen molar-refractivity contribution in [3.05, 3.63) is 15.3 Å². The van der Waals surface area contributed by atoms with Gasteiger partial charge in [-0.2, -0.15) is 0 Å². The van der Waals surface area contributed by atoms with E-state index in [1.807, 2.05) is 0 Å². The Bertz CT molecular complexity index is 35.9. The Balaban J connectivity index is -0.0000000150. The molecule has 0 fully saturated rings. The molecule has 0 rings (SSSR count). The first-order valence-electron chi connectivity index (χ1n) is 0.548. The van der Waals surface area contributed by atoms with Crippen LogP contribution in [0.15, 0.2) is 0 Å². The van der Waals surface area contributed by atoms with Crippen LogP contribution in [0.3, 0.4) is 0 Å². The van der Waals surface area contributed by atoms with Gasteiger partial charge in [0.25, 0.3) is 0 Å². The maximum absolute atomic E-state index is 8.25. The first kappa shape index (κ1) is 25.9. The fourth-order valence-corrected chi connectivity index (χ4v) is 0. The van der Waals surface area contributed by atoms with Crippen LogP contribution in [0, 0.1) is 15.3 Å². The number of halogens is 1. The Labute approximate surface area is 66.0 Å². The molecule has 0 aliphatic heterocycles. The predicted molar refractivity (Wildman–Crippen MR) is 17.6 cm³/mol. The molecule has 0 aromatic rings. The van der Waals surface area contributed by atoms with E-state index in [1.165, 1.54) is 0 Å². The van der Waals surface area contributed by atoms with Gasteiger partial charge in [0.15, 0.2) is 0 Å². The summed E-state index contributed by atoms with van der Waals surface area (Å²) in [7, 11) is 0. The Hall–Kier alpha value is 0.477. The molecule has 0 aromatic carbocycles. The van der Waals surface area contributed by atoms with Crippen LogP contribution in [0.25, 0.3) is 0 Å². The molecule has 7 heavy (non-hydrogen) atoms. The zero-order chi connectivity index (χ0) is 3.58. The van der Waals surface area contributed by atoms with Crippen molar-refractivity contribution >= 4 is 12.4 Å². The van der Waals surface area contributed by atoms with Crippen LogP contribution in [0.4, 0.5) is 0 Å². The summed E-state index contributed by atoms with van der Waals surface area (Å²) in [5, 5.41) is 14.8. The molecular formula is HClNNi2O3-. The minimum absolute atomic E-state index is 0. The minimum atomic E-state index is -1.75. The van der Waals surface area contributed by atoms with E-state index in [9.17, 15) is 0 Å². The van der Waals surface area contributed by atoms with Crippen LogP contribution in [0.1, 0.15) is 0 Å². The first-order valence-corrected chi connectivity index (χ1v) is 0.548. The summed E-state index contributed by atoms with van der Waals surface area (Å²) in [4.78, 5) is 8.25. The number of hydrogen-bond acceptors (Lipinski definition) is 3. The monoisotopic (exact) mass is 214 g/mol. The van der Waals surface area contributed by atoms with E-state index in [1.54, 1.807) is 0 Å². The second-order valence-corrected chi connectivity index (χ2v) is 0.224. The maximum Gasteiger partial charge on any atom is 0.0689 e. The second kappa shape index (κ2) is 16.1. The van der Waals surface area contributed by atoms with E-state index >= 15 is 0 Å². The smallest absolute Gasteiger partial charge is 0.0689 e. The molecule has 0 heterocycles. The van der Waals surface area contributed by atoms with E-state index in [0.29, 0.717) is 0 Å². The van der Waals surface area contributed by atoms with Gasteiger partial charge < -0.3 is 15.3 Å². The van der Waals surface area contributed by atoms with Gasteiger partial charge in [-0.15, -0.1) is 12.4 Å². The van der Waals surface area contributed by atoms with Crippen LogP contribution in [0.5, 0.6) is 0 Å². The number of rotatable bonds is 0. The molecule has 0 radical (unpaired) electrons. The summed E-state index contributed by atoms with van der Waals surface area (Å²) < 4.78 is 0. The molecule has 0 aromatic heterocycles. The van der Waals surface area contributed by atoms with Crippen LogP contribution in [-0.2, 0) is 33.0 Å². The van der Waals surface area contributed by atoms with E-state index in [4.69, 9.17) is 15.3 Å². The molecule has 0 saturated heterocycles. The van der Waals surface area contributed by atoms with Gasteiger partial charge in [0.1, 0.15) is 0 Å². The Kier molecular flexibility index (Phi) is 59.6. The maximum atomic E-state index is 8.25. The third-order valence-corrected chi connectivity index (χ3v) is 0. The second-order valence-electron chi connectivity index (χ2n) is 0.224. The van der Waals surface area contributed by atoms with Crippen molar-refractivity contribution in [2.45, 2.75) is 0 Å². The summed E-state index contributed by atoms with van der Waals surface area (Å²) in [5.74, 6) is 0. The molecule has 0 aliphatic carbocycles. The van der Waals surface area contributed by atoms with Crippen molar-refractivity contribution in [1.29, 1.82) is 0 Å². The van der Waals surface area contributed by atoms with Crippen molar-refractivity contribution in [2.75, 3.05) is 0 Å². The molecule has 0 atom stereocenters. The van der Waals surface area contributed by atoms with E-state index < -0.39 is 5.09 Å². The standard InChI is InChI=1S/ClH.NO3.2Ni/c;2-1(3)4;;/h1H;;;/q;-1;;. The average molecular weight is 216 g/mol. The van der Waals surface area contributed by atoms with Gasteiger partial charge in [-0.05, 0) is 0 Å². The van der Waals surface area contributed by atoms with E-state index in [-0.39, 0.29) is 45.4 Å². The quantitative estimate of drug-likeness (QED) is 0.329. The summed E-state index contributed by atoms with van der Waals surface area (Å²) in [6, 6.07) is 0. The Morgan fingerprint density at radius 2 is 1.14 bits per heavy atom. The molecule has 0 amide bonds. The Morgan fingerprint density at radius 1 is 1.14 bits per heavy atom. The molecule has 52 valence electrons. The molecule has 0 spiro atoms. The van der Waals surface area contributed by atoms with E-state index in [2.05, 4.69) is 0 Å². The Morgan fingerprint density at radius 3 is 1.14 bits per heavy atom. The molecule has 0 saturated carbocycles. The minimum Gasteiger partial charge on any atom is -0.356 e.